The van der Waals surface area contributed by atoms with Crippen molar-refractivity contribution in [2.75, 3.05) is 20.3 Å². The van der Waals surface area contributed by atoms with Gasteiger partial charge >= 0.3 is 0 Å². The van der Waals surface area contributed by atoms with Crippen LogP contribution in [0.15, 0.2) is 41.1 Å². The second-order valence-electron chi connectivity index (χ2n) is 4.06. The van der Waals surface area contributed by atoms with Crippen LogP contribution in [0, 0.1) is 0 Å². The molecule has 0 fully saturated rings. The summed E-state index contributed by atoms with van der Waals surface area (Å²) in [6, 6.07) is 7.93. The molecule has 0 radical (unpaired) electrons. The number of aromatic nitrogens is 2. The fraction of sp³-hybridized carbons (Fsp3) is 0.286. The zero-order valence-corrected chi connectivity index (χ0v) is 12.4. The van der Waals surface area contributed by atoms with Crippen LogP contribution in [0.25, 0.3) is 11.4 Å². The lowest BCUT2D eigenvalue weighted by Crippen LogP contribution is -2.18. The van der Waals surface area contributed by atoms with E-state index in [2.05, 4.69) is 31.2 Å². The first-order chi connectivity index (χ1) is 9.31. The van der Waals surface area contributed by atoms with E-state index in [4.69, 9.17) is 4.74 Å². The Hall–Kier alpha value is -1.30. The van der Waals surface area contributed by atoms with Crippen molar-refractivity contribution in [3.63, 3.8) is 0 Å². The molecule has 1 heterocycles. The Morgan fingerprint density at radius 2 is 1.95 bits per heavy atom. The molecule has 5 heteroatoms. The number of nitrogens with zero attached hydrogens (tertiary/aromatic N) is 2. The second kappa shape index (κ2) is 7.33. The van der Waals surface area contributed by atoms with E-state index in [1.807, 2.05) is 36.7 Å². The highest BCUT2D eigenvalue weighted by molar-refractivity contribution is 9.10. The average Bonchev–Trinajstić information content (AvgIpc) is 2.45. The molecule has 4 nitrogen and oxygen atoms in total. The minimum absolute atomic E-state index is 0.704. The summed E-state index contributed by atoms with van der Waals surface area (Å²) in [6.07, 6.45) is 3.70. The Morgan fingerprint density at radius 1 is 1.21 bits per heavy atom. The van der Waals surface area contributed by atoms with Crippen molar-refractivity contribution in [1.82, 2.24) is 15.3 Å². The van der Waals surface area contributed by atoms with Crippen LogP contribution in [0.4, 0.5) is 0 Å². The lowest BCUT2D eigenvalue weighted by molar-refractivity contribution is 0.199. The summed E-state index contributed by atoms with van der Waals surface area (Å²) in [5.41, 5.74) is 2.06. The third kappa shape index (κ3) is 4.09. The largest absolute Gasteiger partial charge is 0.383 e. The Bertz CT molecular complexity index is 516. The van der Waals surface area contributed by atoms with Crippen molar-refractivity contribution in [2.24, 2.45) is 0 Å². The molecular weight excluding hydrogens is 306 g/mol. The quantitative estimate of drug-likeness (QED) is 0.831. The van der Waals surface area contributed by atoms with Crippen molar-refractivity contribution in [3.05, 3.63) is 46.7 Å². The summed E-state index contributed by atoms with van der Waals surface area (Å²) < 4.78 is 5.97. The van der Waals surface area contributed by atoms with Gasteiger partial charge in [-0.25, -0.2) is 9.97 Å². The van der Waals surface area contributed by atoms with Gasteiger partial charge in [-0.3, -0.25) is 0 Å². The van der Waals surface area contributed by atoms with E-state index in [1.165, 1.54) is 0 Å². The first-order valence-electron chi connectivity index (χ1n) is 6.06. The zero-order chi connectivity index (χ0) is 13.5. The maximum atomic E-state index is 4.97. The Balaban J connectivity index is 2.01. The highest BCUT2D eigenvalue weighted by Gasteiger charge is 2.04. The molecule has 0 spiro atoms. The zero-order valence-electron chi connectivity index (χ0n) is 10.8. The molecule has 0 saturated carbocycles. The van der Waals surface area contributed by atoms with Gasteiger partial charge in [0.2, 0.25) is 0 Å². The lowest BCUT2D eigenvalue weighted by Gasteiger charge is -2.05. The summed E-state index contributed by atoms with van der Waals surface area (Å²) in [7, 11) is 1.69. The topological polar surface area (TPSA) is 47.0 Å². The van der Waals surface area contributed by atoms with E-state index in [1.54, 1.807) is 7.11 Å². The molecule has 0 aliphatic carbocycles. The van der Waals surface area contributed by atoms with Gasteiger partial charge in [-0.1, -0.05) is 34.1 Å². The summed E-state index contributed by atoms with van der Waals surface area (Å²) in [5.74, 6) is 0.730. The molecular formula is C14H16BrN3O. The fourth-order valence-corrected chi connectivity index (χ4v) is 2.10. The molecule has 0 aliphatic heterocycles. The van der Waals surface area contributed by atoms with Gasteiger partial charge in [0.1, 0.15) is 0 Å². The van der Waals surface area contributed by atoms with E-state index in [0.29, 0.717) is 6.61 Å². The number of methoxy groups -OCH3 is 1. The van der Waals surface area contributed by atoms with Gasteiger partial charge in [-0.05, 0) is 6.07 Å². The van der Waals surface area contributed by atoms with Gasteiger partial charge in [0.25, 0.3) is 0 Å². The van der Waals surface area contributed by atoms with Crippen molar-refractivity contribution in [1.29, 1.82) is 0 Å². The molecule has 0 bridgehead atoms. The van der Waals surface area contributed by atoms with E-state index in [0.717, 1.165) is 34.5 Å². The molecule has 0 amide bonds. The molecule has 1 aromatic heterocycles. The third-order valence-electron chi connectivity index (χ3n) is 2.63. The summed E-state index contributed by atoms with van der Waals surface area (Å²) in [5, 5.41) is 3.26. The smallest absolute Gasteiger partial charge is 0.160 e. The van der Waals surface area contributed by atoms with Gasteiger partial charge in [-0.15, -0.1) is 0 Å². The SMILES string of the molecule is COCCNCc1cnc(-c2ccccc2Br)nc1. The average molecular weight is 322 g/mol. The van der Waals surface area contributed by atoms with E-state index < -0.39 is 0 Å². The molecule has 19 heavy (non-hydrogen) atoms. The number of halogens is 1. The Morgan fingerprint density at radius 3 is 2.63 bits per heavy atom. The highest BCUT2D eigenvalue weighted by atomic mass is 79.9. The maximum Gasteiger partial charge on any atom is 0.160 e. The van der Waals surface area contributed by atoms with Crippen LogP contribution in [-0.4, -0.2) is 30.2 Å². The molecule has 2 aromatic rings. The first kappa shape index (κ1) is 14.1. The number of benzene rings is 1. The van der Waals surface area contributed by atoms with Crippen LogP contribution in [0.5, 0.6) is 0 Å². The van der Waals surface area contributed by atoms with Crippen molar-refractivity contribution < 1.29 is 4.74 Å². The first-order valence-corrected chi connectivity index (χ1v) is 6.86. The molecule has 1 N–H and O–H groups in total. The molecule has 0 aliphatic rings. The van der Waals surface area contributed by atoms with Gasteiger partial charge in [0, 0.05) is 48.2 Å². The van der Waals surface area contributed by atoms with Crippen LogP contribution < -0.4 is 5.32 Å². The van der Waals surface area contributed by atoms with Crippen molar-refractivity contribution >= 4 is 15.9 Å². The van der Waals surface area contributed by atoms with E-state index >= 15 is 0 Å². The minimum Gasteiger partial charge on any atom is -0.383 e. The molecule has 0 unspecified atom stereocenters. The number of hydrogen-bond donors (Lipinski definition) is 1. The monoisotopic (exact) mass is 321 g/mol. The number of nitrogens with one attached hydrogen (secondary N) is 1. The summed E-state index contributed by atoms with van der Waals surface area (Å²) >= 11 is 3.50. The molecule has 0 saturated heterocycles. The van der Waals surface area contributed by atoms with Crippen LogP contribution in [0.2, 0.25) is 0 Å². The normalized spacial score (nSPS) is 10.6. The van der Waals surface area contributed by atoms with Gasteiger partial charge in [0.05, 0.1) is 6.61 Å². The van der Waals surface area contributed by atoms with E-state index in [9.17, 15) is 0 Å². The van der Waals surface area contributed by atoms with Crippen molar-refractivity contribution in [2.45, 2.75) is 6.54 Å². The molecule has 1 aromatic carbocycles. The van der Waals surface area contributed by atoms with Gasteiger partial charge in [0.15, 0.2) is 5.82 Å². The number of ether oxygens (including phenoxy) is 1. The Labute approximate surface area is 121 Å². The Kier molecular flexibility index (Phi) is 5.44. The van der Waals surface area contributed by atoms with Crippen LogP contribution >= 0.6 is 15.9 Å². The number of hydrogen-bond acceptors (Lipinski definition) is 4. The summed E-state index contributed by atoms with van der Waals surface area (Å²) in [6.45, 7) is 2.28. The van der Waals surface area contributed by atoms with Crippen LogP contribution in [0.3, 0.4) is 0 Å². The van der Waals surface area contributed by atoms with Crippen LogP contribution in [-0.2, 0) is 11.3 Å². The fourth-order valence-electron chi connectivity index (χ4n) is 1.63. The van der Waals surface area contributed by atoms with Crippen molar-refractivity contribution in [3.8, 4) is 11.4 Å². The van der Waals surface area contributed by atoms with Gasteiger partial charge in [-0.2, -0.15) is 0 Å². The number of rotatable bonds is 6. The maximum absolute atomic E-state index is 4.97. The molecule has 100 valence electrons. The highest BCUT2D eigenvalue weighted by Crippen LogP contribution is 2.24. The van der Waals surface area contributed by atoms with E-state index in [-0.39, 0.29) is 0 Å². The minimum atomic E-state index is 0.704. The predicted octanol–water partition coefficient (Wildman–Crippen LogP) is 2.64. The second-order valence-corrected chi connectivity index (χ2v) is 4.92. The molecule has 2 rings (SSSR count). The standard InChI is InChI=1S/C14H16BrN3O/c1-19-7-6-16-8-11-9-17-14(18-10-11)12-4-2-3-5-13(12)15/h2-5,9-10,16H,6-8H2,1H3. The third-order valence-corrected chi connectivity index (χ3v) is 3.32. The summed E-state index contributed by atoms with van der Waals surface area (Å²) in [4.78, 5) is 8.79. The van der Waals surface area contributed by atoms with Gasteiger partial charge < -0.3 is 10.1 Å². The predicted molar refractivity (Wildman–Crippen MR) is 78.8 cm³/mol. The lowest BCUT2D eigenvalue weighted by atomic mass is 10.2. The molecule has 0 atom stereocenters. The van der Waals surface area contributed by atoms with Crippen LogP contribution in [0.1, 0.15) is 5.56 Å².